The number of benzene rings is 2. The van der Waals surface area contributed by atoms with Crippen molar-refractivity contribution in [2.24, 2.45) is 0 Å². The topological polar surface area (TPSA) is 58.6 Å². The Balaban J connectivity index is 1.94. The van der Waals surface area contributed by atoms with Gasteiger partial charge in [0.1, 0.15) is 0 Å². The molecule has 1 atom stereocenters. The van der Waals surface area contributed by atoms with Gasteiger partial charge < -0.3 is 10.1 Å². The van der Waals surface area contributed by atoms with Crippen LogP contribution in [0.25, 0.3) is 0 Å². The molecule has 0 aromatic heterocycles. The van der Waals surface area contributed by atoms with Crippen LogP contribution in [-0.2, 0) is 22.1 Å². The van der Waals surface area contributed by atoms with Crippen LogP contribution in [0.1, 0.15) is 12.5 Å². The molecular weight excluding hydrogens is 324 g/mol. The number of rotatable bonds is 6. The van der Waals surface area contributed by atoms with E-state index in [0.717, 1.165) is 21.8 Å². The maximum Gasteiger partial charge on any atom is 0.413 e. The van der Waals surface area contributed by atoms with Gasteiger partial charge in [0.25, 0.3) is 0 Å². The zero-order chi connectivity index (χ0) is 17.5. The van der Waals surface area contributed by atoms with Gasteiger partial charge in [0.2, 0.25) is 0 Å². The number of ether oxygens (including phenoxy) is 1. The van der Waals surface area contributed by atoms with Gasteiger partial charge in [-0.3, -0.25) is 9.11 Å². The molecule has 0 aliphatic carbocycles. The zero-order valence-electron chi connectivity index (χ0n) is 14.1. The normalized spacial score (nSPS) is 11.6. The molecule has 2 aromatic carbocycles. The average Bonchev–Trinajstić information content (AvgIpc) is 2.60. The largest absolute Gasteiger partial charge is 0.449 e. The van der Waals surface area contributed by atoms with Crippen molar-refractivity contribution in [2.45, 2.75) is 18.4 Å². The van der Waals surface area contributed by atoms with E-state index in [-0.39, 0.29) is 6.09 Å². The minimum atomic E-state index is -0.953. The second-order valence-corrected chi connectivity index (χ2v) is 6.64. The predicted octanol–water partition coefficient (Wildman–Crippen LogP) is 3.63. The van der Waals surface area contributed by atoms with Crippen molar-refractivity contribution in [1.82, 2.24) is 0 Å². The lowest BCUT2D eigenvalue weighted by Gasteiger charge is -2.17. The predicted molar refractivity (Wildman–Crippen MR) is 98.0 cm³/mol. The van der Waals surface area contributed by atoms with Crippen molar-refractivity contribution in [3.05, 3.63) is 54.1 Å². The van der Waals surface area contributed by atoms with E-state index < -0.39 is 10.8 Å². The fraction of sp³-hybridized carbons (Fsp3) is 0.278. The van der Waals surface area contributed by atoms with E-state index in [9.17, 15) is 9.00 Å². The average molecular weight is 346 g/mol. The molecule has 0 spiro atoms. The third-order valence-corrected chi connectivity index (χ3v) is 4.48. The van der Waals surface area contributed by atoms with E-state index in [1.807, 2.05) is 48.5 Å². The number of anilines is 2. The van der Waals surface area contributed by atoms with Crippen LogP contribution in [0, 0.1) is 0 Å². The molecule has 24 heavy (non-hydrogen) atoms. The fourth-order valence-corrected chi connectivity index (χ4v) is 2.65. The third kappa shape index (κ3) is 4.83. The molecule has 0 bridgehead atoms. The van der Waals surface area contributed by atoms with Gasteiger partial charge in [-0.15, -0.1) is 0 Å². The Morgan fingerprint density at radius 1 is 1.12 bits per heavy atom. The van der Waals surface area contributed by atoms with Crippen molar-refractivity contribution >= 4 is 28.3 Å². The smallest absolute Gasteiger partial charge is 0.413 e. The standard InChI is InChI=1S/C18H22N2O3S/c1-4-23-18(21)20(2)16-9-7-15(8-10-16)19-13-14-5-11-17(12-6-14)24(3)22/h5-12,19H,4,13H2,1-3H3/t24-/m0/s1. The lowest BCUT2D eigenvalue weighted by Crippen LogP contribution is -2.26. The summed E-state index contributed by atoms with van der Waals surface area (Å²) in [6, 6.07) is 15.3. The van der Waals surface area contributed by atoms with Crippen molar-refractivity contribution in [2.75, 3.05) is 30.1 Å². The van der Waals surface area contributed by atoms with Crippen LogP contribution in [0.2, 0.25) is 0 Å². The number of hydrogen-bond donors (Lipinski definition) is 1. The summed E-state index contributed by atoms with van der Waals surface area (Å²) in [6.45, 7) is 2.81. The molecule has 128 valence electrons. The summed E-state index contributed by atoms with van der Waals surface area (Å²) in [4.78, 5) is 14.0. The molecule has 0 aliphatic rings. The molecule has 1 amide bonds. The minimum absolute atomic E-state index is 0.354. The van der Waals surface area contributed by atoms with E-state index in [2.05, 4.69) is 5.32 Å². The number of carbonyl (C=O) groups is 1. The van der Waals surface area contributed by atoms with Gasteiger partial charge in [-0.2, -0.15) is 0 Å². The molecule has 0 fully saturated rings. The Labute approximate surface area is 145 Å². The highest BCUT2D eigenvalue weighted by Gasteiger charge is 2.10. The number of nitrogens with one attached hydrogen (secondary N) is 1. The van der Waals surface area contributed by atoms with E-state index in [1.54, 1.807) is 20.2 Å². The Kier molecular flexibility index (Phi) is 6.37. The first-order valence-electron chi connectivity index (χ1n) is 7.68. The van der Waals surface area contributed by atoms with E-state index >= 15 is 0 Å². The van der Waals surface area contributed by atoms with Gasteiger partial charge in [-0.05, 0) is 48.9 Å². The zero-order valence-corrected chi connectivity index (χ0v) is 14.9. The van der Waals surface area contributed by atoms with Crippen LogP contribution in [0.15, 0.2) is 53.4 Å². The fourth-order valence-electron chi connectivity index (χ4n) is 2.13. The molecule has 2 rings (SSSR count). The molecule has 0 saturated heterocycles. The monoisotopic (exact) mass is 346 g/mol. The van der Waals surface area contributed by atoms with Crippen molar-refractivity contribution < 1.29 is 13.7 Å². The quantitative estimate of drug-likeness (QED) is 0.868. The summed E-state index contributed by atoms with van der Waals surface area (Å²) in [5.74, 6) is 0. The van der Waals surface area contributed by atoms with Crippen LogP contribution in [0.3, 0.4) is 0 Å². The van der Waals surface area contributed by atoms with Gasteiger partial charge in [0.05, 0.1) is 6.61 Å². The molecule has 0 radical (unpaired) electrons. The van der Waals surface area contributed by atoms with Crippen LogP contribution in [-0.4, -0.2) is 30.2 Å². The van der Waals surface area contributed by atoms with Gasteiger partial charge >= 0.3 is 6.09 Å². The highest BCUT2D eigenvalue weighted by atomic mass is 32.2. The number of amides is 1. The van der Waals surface area contributed by atoms with Gasteiger partial charge in [-0.25, -0.2) is 4.79 Å². The van der Waals surface area contributed by atoms with Gasteiger partial charge in [0, 0.05) is 46.9 Å². The number of hydrogen-bond acceptors (Lipinski definition) is 4. The summed E-state index contributed by atoms with van der Waals surface area (Å²) in [6.07, 6.45) is 1.30. The van der Waals surface area contributed by atoms with E-state index in [1.165, 1.54) is 4.90 Å². The molecule has 0 aliphatic heterocycles. The number of carbonyl (C=O) groups excluding carboxylic acids is 1. The van der Waals surface area contributed by atoms with E-state index in [4.69, 9.17) is 4.74 Å². The lowest BCUT2D eigenvalue weighted by atomic mass is 10.2. The first-order valence-corrected chi connectivity index (χ1v) is 9.24. The van der Waals surface area contributed by atoms with Crippen LogP contribution in [0.5, 0.6) is 0 Å². The first kappa shape index (κ1) is 18.0. The second-order valence-electron chi connectivity index (χ2n) is 5.26. The lowest BCUT2D eigenvalue weighted by molar-refractivity contribution is 0.161. The highest BCUT2D eigenvalue weighted by molar-refractivity contribution is 7.84. The van der Waals surface area contributed by atoms with Crippen molar-refractivity contribution in [3.8, 4) is 0 Å². The molecule has 0 saturated carbocycles. The molecule has 0 heterocycles. The molecule has 6 heteroatoms. The molecule has 0 unspecified atom stereocenters. The summed E-state index contributed by atoms with van der Waals surface area (Å²) in [5.41, 5.74) is 2.84. The minimum Gasteiger partial charge on any atom is -0.449 e. The summed E-state index contributed by atoms with van der Waals surface area (Å²) in [5, 5.41) is 3.32. The van der Waals surface area contributed by atoms with Crippen LogP contribution < -0.4 is 10.2 Å². The highest BCUT2D eigenvalue weighted by Crippen LogP contribution is 2.18. The molecule has 5 nitrogen and oxygen atoms in total. The Hall–Kier alpha value is -2.34. The van der Waals surface area contributed by atoms with Crippen LogP contribution >= 0.6 is 0 Å². The van der Waals surface area contributed by atoms with Crippen LogP contribution in [0.4, 0.5) is 16.2 Å². The second kappa shape index (κ2) is 8.49. The Morgan fingerprint density at radius 3 is 2.29 bits per heavy atom. The molecule has 2 aromatic rings. The van der Waals surface area contributed by atoms with Crippen molar-refractivity contribution in [3.63, 3.8) is 0 Å². The maximum absolute atomic E-state index is 11.7. The third-order valence-electron chi connectivity index (χ3n) is 3.55. The molecule has 1 N–H and O–H groups in total. The Morgan fingerprint density at radius 2 is 1.75 bits per heavy atom. The Bertz CT molecular complexity index is 699. The maximum atomic E-state index is 11.7. The summed E-state index contributed by atoms with van der Waals surface area (Å²) < 4.78 is 16.3. The van der Waals surface area contributed by atoms with E-state index in [0.29, 0.717) is 13.2 Å². The summed E-state index contributed by atoms with van der Waals surface area (Å²) >= 11 is 0. The SMILES string of the molecule is CCOC(=O)N(C)c1ccc(NCc2ccc([S@](C)=O)cc2)cc1. The summed E-state index contributed by atoms with van der Waals surface area (Å²) in [7, 11) is 0.727. The first-order chi connectivity index (χ1) is 11.5. The van der Waals surface area contributed by atoms with Crippen molar-refractivity contribution in [1.29, 1.82) is 0 Å². The van der Waals surface area contributed by atoms with Gasteiger partial charge in [0.15, 0.2) is 0 Å². The number of nitrogens with zero attached hydrogens (tertiary/aromatic N) is 1. The molecular formula is C18H22N2O3S. The van der Waals surface area contributed by atoms with Gasteiger partial charge in [-0.1, -0.05) is 12.1 Å².